The Labute approximate surface area is 229 Å². The smallest absolute Gasteiger partial charge is 0.434 e. The average molecular weight is 548 g/mol. The summed E-state index contributed by atoms with van der Waals surface area (Å²) in [6, 6.07) is 18.7. The van der Waals surface area contributed by atoms with Gasteiger partial charge in [-0.3, -0.25) is 4.79 Å². The van der Waals surface area contributed by atoms with Gasteiger partial charge in [-0.15, -0.1) is 0 Å². The number of nitrogens with zero attached hydrogens (tertiary/aromatic N) is 3. The summed E-state index contributed by atoms with van der Waals surface area (Å²) in [5.41, 5.74) is 2.71. The molecule has 1 N–H and O–H groups in total. The van der Waals surface area contributed by atoms with E-state index in [-0.39, 0.29) is 17.9 Å². The Morgan fingerprint density at radius 2 is 1.73 bits per heavy atom. The number of aromatic nitrogens is 3. The Balaban J connectivity index is 1.57. The zero-order valence-corrected chi connectivity index (χ0v) is 22.1. The highest BCUT2D eigenvalue weighted by molar-refractivity contribution is 5.91. The summed E-state index contributed by atoms with van der Waals surface area (Å²) < 4.78 is 42.8. The summed E-state index contributed by atoms with van der Waals surface area (Å²) in [6.07, 6.45) is -2.02. The van der Waals surface area contributed by atoms with Crippen molar-refractivity contribution in [1.82, 2.24) is 14.8 Å². The molecule has 0 radical (unpaired) electrons. The van der Waals surface area contributed by atoms with Gasteiger partial charge in [0.25, 0.3) is 0 Å². The number of carbonyl (C=O) groups is 2. The van der Waals surface area contributed by atoms with Crippen LogP contribution in [0, 0.1) is 6.92 Å². The second kappa shape index (κ2) is 10.7. The molecule has 5 rings (SSSR count). The Hall–Kier alpha value is -4.27. The topological polar surface area (TPSA) is 85.1 Å². The number of pyridine rings is 1. The first kappa shape index (κ1) is 27.3. The van der Waals surface area contributed by atoms with E-state index in [4.69, 9.17) is 0 Å². The van der Waals surface area contributed by atoms with Gasteiger partial charge in [-0.2, -0.15) is 18.3 Å². The van der Waals surface area contributed by atoms with Gasteiger partial charge >= 0.3 is 12.1 Å². The predicted octanol–water partition coefficient (Wildman–Crippen LogP) is 7.42. The molecular formula is C31H28F3N3O3. The number of aromatic carboxylic acids is 1. The maximum absolute atomic E-state index is 14.1. The summed E-state index contributed by atoms with van der Waals surface area (Å²) in [4.78, 5) is 27.9. The molecule has 0 aliphatic heterocycles. The van der Waals surface area contributed by atoms with Gasteiger partial charge in [-0.1, -0.05) is 55.0 Å². The van der Waals surface area contributed by atoms with E-state index in [9.17, 15) is 27.9 Å². The Bertz CT molecular complexity index is 1580. The molecule has 1 saturated carbocycles. The van der Waals surface area contributed by atoms with Gasteiger partial charge in [0, 0.05) is 18.4 Å². The van der Waals surface area contributed by atoms with Crippen molar-refractivity contribution in [3.05, 3.63) is 88.7 Å². The minimum Gasteiger partial charge on any atom is -0.478 e. The predicted molar refractivity (Wildman–Crippen MR) is 145 cm³/mol. The number of benzene rings is 2. The molecule has 2 heterocycles. The fourth-order valence-electron chi connectivity index (χ4n) is 5.38. The molecule has 0 unspecified atom stereocenters. The molecule has 0 saturated heterocycles. The zero-order valence-electron chi connectivity index (χ0n) is 22.1. The second-order valence-corrected chi connectivity index (χ2v) is 10.1. The molecule has 1 aliphatic rings. The number of carboxylic acid groups (broad SMARTS) is 1. The van der Waals surface area contributed by atoms with Crippen molar-refractivity contribution in [2.75, 3.05) is 0 Å². The molecule has 1 aliphatic carbocycles. The lowest BCUT2D eigenvalue weighted by Crippen LogP contribution is -2.18. The third kappa shape index (κ3) is 5.28. The Morgan fingerprint density at radius 1 is 1.02 bits per heavy atom. The fraction of sp³-hybridized carbons (Fsp3) is 0.290. The van der Waals surface area contributed by atoms with Crippen molar-refractivity contribution >= 4 is 11.8 Å². The van der Waals surface area contributed by atoms with Gasteiger partial charge in [-0.25, -0.2) is 14.5 Å². The third-order valence-corrected chi connectivity index (χ3v) is 7.41. The minimum absolute atomic E-state index is 0.0204. The Kier molecular flexibility index (Phi) is 7.31. The van der Waals surface area contributed by atoms with E-state index >= 15 is 0 Å². The van der Waals surface area contributed by atoms with Crippen molar-refractivity contribution in [1.29, 1.82) is 0 Å². The molecule has 9 heteroatoms. The van der Waals surface area contributed by atoms with Crippen LogP contribution in [0.3, 0.4) is 0 Å². The zero-order chi connectivity index (χ0) is 28.6. The van der Waals surface area contributed by atoms with Gasteiger partial charge in [0.1, 0.15) is 11.3 Å². The van der Waals surface area contributed by atoms with Crippen molar-refractivity contribution < 1.29 is 27.9 Å². The molecule has 0 atom stereocenters. The van der Waals surface area contributed by atoms with E-state index in [0.717, 1.165) is 35.1 Å². The van der Waals surface area contributed by atoms with Crippen LogP contribution >= 0.6 is 0 Å². The van der Waals surface area contributed by atoms with Crippen LogP contribution in [0.15, 0.2) is 60.7 Å². The van der Waals surface area contributed by atoms with Crippen LogP contribution in [0.25, 0.3) is 28.2 Å². The maximum Gasteiger partial charge on any atom is 0.434 e. The number of aryl methyl sites for hydroxylation is 2. The largest absolute Gasteiger partial charge is 0.478 e. The van der Waals surface area contributed by atoms with Crippen molar-refractivity contribution in [3.8, 4) is 28.2 Å². The summed E-state index contributed by atoms with van der Waals surface area (Å²) in [5, 5.41) is 13.6. The van der Waals surface area contributed by atoms with E-state index in [1.165, 1.54) is 11.6 Å². The number of rotatable bonds is 6. The van der Waals surface area contributed by atoms with Gasteiger partial charge in [0.15, 0.2) is 11.5 Å². The highest BCUT2D eigenvalue weighted by Crippen LogP contribution is 2.38. The lowest BCUT2D eigenvalue weighted by atomic mass is 9.83. The molecule has 4 aromatic rings. The van der Waals surface area contributed by atoms with Crippen LogP contribution in [0.2, 0.25) is 0 Å². The van der Waals surface area contributed by atoms with Crippen LogP contribution in [0.4, 0.5) is 13.2 Å². The van der Waals surface area contributed by atoms with Gasteiger partial charge in [-0.05, 0) is 67.0 Å². The summed E-state index contributed by atoms with van der Waals surface area (Å²) >= 11 is 0. The van der Waals surface area contributed by atoms with Crippen LogP contribution in [0.5, 0.6) is 0 Å². The molecule has 0 amide bonds. The first-order valence-corrected chi connectivity index (χ1v) is 13.2. The first-order chi connectivity index (χ1) is 19.1. The standard InChI is InChI=1S/C31H28F3N3O3/c1-3-25-28(30(39)40)29(31(32,33)34)37(36-25)27-6-4-5-26(35-27)24-17-18(2)7-16-23(24)21-10-8-19(9-11-21)20-12-14-22(38)15-13-20/h4-11,16-17,20H,3,12-15H2,1-2H3,(H,39,40). The van der Waals surface area contributed by atoms with Crippen LogP contribution in [-0.2, 0) is 17.4 Å². The van der Waals surface area contributed by atoms with Crippen molar-refractivity contribution in [3.63, 3.8) is 0 Å². The summed E-state index contributed by atoms with van der Waals surface area (Å²) in [7, 11) is 0. The summed E-state index contributed by atoms with van der Waals surface area (Å²) in [6.45, 7) is 3.48. The average Bonchev–Trinajstić information content (AvgIpc) is 3.35. The molecular weight excluding hydrogens is 519 g/mol. The van der Waals surface area contributed by atoms with Crippen molar-refractivity contribution in [2.45, 2.75) is 58.0 Å². The number of hydrogen-bond donors (Lipinski definition) is 1. The van der Waals surface area contributed by atoms with E-state index in [0.29, 0.717) is 34.9 Å². The number of carboxylic acids is 1. The third-order valence-electron chi connectivity index (χ3n) is 7.41. The highest BCUT2D eigenvalue weighted by atomic mass is 19.4. The molecule has 2 aromatic heterocycles. The van der Waals surface area contributed by atoms with E-state index in [1.54, 1.807) is 19.1 Å². The van der Waals surface area contributed by atoms with E-state index < -0.39 is 23.4 Å². The lowest BCUT2D eigenvalue weighted by Gasteiger charge is -2.21. The minimum atomic E-state index is -4.95. The highest BCUT2D eigenvalue weighted by Gasteiger charge is 2.42. The number of Topliss-reactive ketones (excluding diaryl/α,β-unsaturated/α-hetero) is 1. The number of ketones is 1. The van der Waals surface area contributed by atoms with Crippen LogP contribution in [-0.4, -0.2) is 31.6 Å². The van der Waals surface area contributed by atoms with E-state index in [2.05, 4.69) is 22.2 Å². The second-order valence-electron chi connectivity index (χ2n) is 10.1. The Morgan fingerprint density at radius 3 is 2.35 bits per heavy atom. The molecule has 40 heavy (non-hydrogen) atoms. The molecule has 0 spiro atoms. The number of carbonyl (C=O) groups excluding carboxylic acids is 1. The van der Waals surface area contributed by atoms with Gasteiger partial charge in [0.2, 0.25) is 0 Å². The fourth-order valence-corrected chi connectivity index (χ4v) is 5.38. The van der Waals surface area contributed by atoms with Crippen LogP contribution < -0.4 is 0 Å². The van der Waals surface area contributed by atoms with Crippen LogP contribution in [0.1, 0.15) is 71.4 Å². The molecule has 2 aromatic carbocycles. The quantitative estimate of drug-likeness (QED) is 0.272. The molecule has 206 valence electrons. The number of alkyl halides is 3. The molecule has 1 fully saturated rings. The maximum atomic E-state index is 14.1. The first-order valence-electron chi connectivity index (χ1n) is 13.2. The number of halogens is 3. The monoisotopic (exact) mass is 547 g/mol. The van der Waals surface area contributed by atoms with Gasteiger partial charge in [0.05, 0.1) is 11.4 Å². The van der Waals surface area contributed by atoms with Crippen molar-refractivity contribution in [2.24, 2.45) is 0 Å². The molecule has 0 bridgehead atoms. The van der Waals surface area contributed by atoms with Gasteiger partial charge < -0.3 is 5.11 Å². The molecule has 6 nitrogen and oxygen atoms in total. The SMILES string of the molecule is CCc1nn(-c2cccc(-c3cc(C)ccc3-c3ccc(C4CCC(=O)CC4)cc3)n2)c(C(F)(F)F)c1C(=O)O. The number of hydrogen-bond acceptors (Lipinski definition) is 4. The van der Waals surface area contributed by atoms with E-state index in [1.807, 2.05) is 37.3 Å². The normalized spacial score (nSPS) is 14.5. The lowest BCUT2D eigenvalue weighted by molar-refractivity contribution is -0.143. The summed E-state index contributed by atoms with van der Waals surface area (Å²) in [5.74, 6) is -1.14.